The van der Waals surface area contributed by atoms with Gasteiger partial charge < -0.3 is 4.74 Å². The van der Waals surface area contributed by atoms with Crippen LogP contribution in [0.4, 0.5) is 0 Å². The van der Waals surface area contributed by atoms with Crippen LogP contribution in [-0.4, -0.2) is 28.9 Å². The molecular weight excluding hydrogens is 222 g/mol. The maximum atomic E-state index is 11.9. The van der Waals surface area contributed by atoms with E-state index in [0.29, 0.717) is 11.1 Å². The molecule has 1 atom stereocenters. The molecule has 0 spiro atoms. The highest BCUT2D eigenvalue weighted by molar-refractivity contribution is 6.21. The number of fused-ring (bicyclic) bond motifs is 1. The number of ether oxygens (including phenoxy) is 1. The molecule has 2 rings (SSSR count). The molecule has 0 fully saturated rings. The van der Waals surface area contributed by atoms with E-state index in [1.54, 1.807) is 24.3 Å². The van der Waals surface area contributed by atoms with E-state index in [9.17, 15) is 14.4 Å². The van der Waals surface area contributed by atoms with E-state index in [2.05, 4.69) is 0 Å². The largest absolute Gasteiger partial charge is 0.441 e. The minimum atomic E-state index is -0.889. The van der Waals surface area contributed by atoms with Gasteiger partial charge in [-0.15, -0.1) is 0 Å². The minimum absolute atomic E-state index is 0.344. The molecule has 5 nitrogen and oxygen atoms in total. The molecule has 0 bridgehead atoms. The molecule has 0 aromatic heterocycles. The van der Waals surface area contributed by atoms with Gasteiger partial charge in [0.25, 0.3) is 11.8 Å². The van der Waals surface area contributed by atoms with Crippen LogP contribution in [0.3, 0.4) is 0 Å². The second kappa shape index (κ2) is 4.01. The lowest BCUT2D eigenvalue weighted by atomic mass is 10.1. The van der Waals surface area contributed by atoms with Gasteiger partial charge in [0.2, 0.25) is 0 Å². The fourth-order valence-electron chi connectivity index (χ4n) is 1.83. The number of hydrogen-bond donors (Lipinski definition) is 0. The molecule has 0 N–H and O–H groups in total. The van der Waals surface area contributed by atoms with Crippen molar-refractivity contribution in [2.45, 2.75) is 20.1 Å². The Morgan fingerprint density at radius 2 is 1.65 bits per heavy atom. The molecule has 5 heteroatoms. The van der Waals surface area contributed by atoms with Gasteiger partial charge in [-0.3, -0.25) is 14.4 Å². The zero-order valence-electron chi connectivity index (χ0n) is 9.47. The van der Waals surface area contributed by atoms with Gasteiger partial charge >= 0.3 is 5.97 Å². The van der Waals surface area contributed by atoms with Crippen LogP contribution >= 0.6 is 0 Å². The Morgan fingerprint density at radius 1 is 1.18 bits per heavy atom. The summed E-state index contributed by atoms with van der Waals surface area (Å²) in [4.78, 5) is 35.7. The van der Waals surface area contributed by atoms with Crippen molar-refractivity contribution in [1.82, 2.24) is 4.90 Å². The summed E-state index contributed by atoms with van der Waals surface area (Å²) < 4.78 is 4.85. The van der Waals surface area contributed by atoms with Crippen LogP contribution < -0.4 is 0 Å². The molecule has 2 amide bonds. The molecule has 0 saturated carbocycles. The molecule has 1 aliphatic heterocycles. The quantitative estimate of drug-likeness (QED) is 0.568. The summed E-state index contributed by atoms with van der Waals surface area (Å²) in [5.74, 6) is -1.40. The van der Waals surface area contributed by atoms with Crippen molar-refractivity contribution in [1.29, 1.82) is 0 Å². The number of nitrogens with zero attached hydrogens (tertiary/aromatic N) is 1. The molecule has 0 saturated heterocycles. The number of carbonyl (C=O) groups excluding carboxylic acids is 3. The van der Waals surface area contributed by atoms with Crippen molar-refractivity contribution in [3.05, 3.63) is 35.4 Å². The molecule has 1 aromatic rings. The number of benzene rings is 1. The van der Waals surface area contributed by atoms with E-state index in [1.807, 2.05) is 0 Å². The zero-order chi connectivity index (χ0) is 12.6. The minimum Gasteiger partial charge on any atom is -0.441 e. The monoisotopic (exact) mass is 233 g/mol. The molecule has 88 valence electrons. The van der Waals surface area contributed by atoms with E-state index in [1.165, 1.54) is 13.8 Å². The third-order valence-corrected chi connectivity index (χ3v) is 2.53. The van der Waals surface area contributed by atoms with Gasteiger partial charge in [-0.25, -0.2) is 4.90 Å². The first-order valence-corrected chi connectivity index (χ1v) is 5.16. The topological polar surface area (TPSA) is 63.7 Å². The summed E-state index contributed by atoms with van der Waals surface area (Å²) in [7, 11) is 0. The van der Waals surface area contributed by atoms with Crippen molar-refractivity contribution in [2.24, 2.45) is 0 Å². The Balaban J connectivity index is 2.33. The highest BCUT2D eigenvalue weighted by Crippen LogP contribution is 2.24. The highest BCUT2D eigenvalue weighted by atomic mass is 16.6. The summed E-state index contributed by atoms with van der Waals surface area (Å²) >= 11 is 0. The van der Waals surface area contributed by atoms with Crippen molar-refractivity contribution >= 4 is 17.8 Å². The van der Waals surface area contributed by atoms with Crippen LogP contribution in [0.1, 0.15) is 34.6 Å². The predicted octanol–water partition coefficient (Wildman–Crippen LogP) is 1.19. The molecule has 0 radical (unpaired) electrons. The Kier molecular flexibility index (Phi) is 2.67. The average molecular weight is 233 g/mol. The fourth-order valence-corrected chi connectivity index (χ4v) is 1.83. The van der Waals surface area contributed by atoms with Crippen molar-refractivity contribution in [3.63, 3.8) is 0 Å². The predicted molar refractivity (Wildman–Crippen MR) is 58.2 cm³/mol. The molecule has 17 heavy (non-hydrogen) atoms. The van der Waals surface area contributed by atoms with Gasteiger partial charge in [-0.05, 0) is 19.1 Å². The maximum absolute atomic E-state index is 11.9. The Labute approximate surface area is 98.0 Å². The maximum Gasteiger partial charge on any atom is 0.304 e. The first-order chi connectivity index (χ1) is 8.02. The van der Waals surface area contributed by atoms with Crippen LogP contribution in [0.5, 0.6) is 0 Å². The molecule has 1 aliphatic rings. The van der Waals surface area contributed by atoms with Gasteiger partial charge in [0, 0.05) is 6.92 Å². The summed E-state index contributed by atoms with van der Waals surface area (Å²) in [6, 6.07) is 6.53. The second-order valence-electron chi connectivity index (χ2n) is 3.73. The zero-order valence-corrected chi connectivity index (χ0v) is 9.47. The van der Waals surface area contributed by atoms with E-state index in [4.69, 9.17) is 4.74 Å². The first kappa shape index (κ1) is 11.3. The number of carbonyl (C=O) groups is 3. The average Bonchev–Trinajstić information content (AvgIpc) is 2.51. The Morgan fingerprint density at radius 3 is 2.06 bits per heavy atom. The summed E-state index contributed by atoms with van der Waals surface area (Å²) in [6.07, 6.45) is -0.889. The Hall–Kier alpha value is -2.17. The van der Waals surface area contributed by atoms with Crippen LogP contribution in [0.25, 0.3) is 0 Å². The molecule has 0 aliphatic carbocycles. The van der Waals surface area contributed by atoms with E-state index < -0.39 is 24.0 Å². The number of hydrogen-bond acceptors (Lipinski definition) is 4. The summed E-state index contributed by atoms with van der Waals surface area (Å²) in [5.41, 5.74) is 0.688. The lowest BCUT2D eigenvalue weighted by molar-refractivity contribution is -0.150. The van der Waals surface area contributed by atoms with Gasteiger partial charge in [0.1, 0.15) is 0 Å². The number of amides is 2. The van der Waals surface area contributed by atoms with E-state index in [0.717, 1.165) is 4.90 Å². The smallest absolute Gasteiger partial charge is 0.304 e. The van der Waals surface area contributed by atoms with Gasteiger partial charge in [0.15, 0.2) is 6.23 Å². The van der Waals surface area contributed by atoms with Crippen LogP contribution in [0.2, 0.25) is 0 Å². The van der Waals surface area contributed by atoms with Gasteiger partial charge in [0.05, 0.1) is 11.1 Å². The van der Waals surface area contributed by atoms with E-state index >= 15 is 0 Å². The lowest BCUT2D eigenvalue weighted by Crippen LogP contribution is -2.40. The first-order valence-electron chi connectivity index (χ1n) is 5.16. The second-order valence-corrected chi connectivity index (χ2v) is 3.73. The highest BCUT2D eigenvalue weighted by Gasteiger charge is 2.39. The molecular formula is C12H11NO4. The number of imide groups is 1. The fraction of sp³-hybridized carbons (Fsp3) is 0.250. The summed E-state index contributed by atoms with van der Waals surface area (Å²) in [6.45, 7) is 2.72. The number of rotatable bonds is 2. The lowest BCUT2D eigenvalue weighted by Gasteiger charge is -2.21. The summed E-state index contributed by atoms with van der Waals surface area (Å²) in [5, 5.41) is 0. The third kappa shape index (κ3) is 1.80. The van der Waals surface area contributed by atoms with Crippen LogP contribution in [0, 0.1) is 0 Å². The molecule has 1 aromatic carbocycles. The van der Waals surface area contributed by atoms with Crippen molar-refractivity contribution in [2.75, 3.05) is 0 Å². The third-order valence-electron chi connectivity index (χ3n) is 2.53. The van der Waals surface area contributed by atoms with Gasteiger partial charge in [-0.1, -0.05) is 12.1 Å². The number of esters is 1. The Bertz CT molecular complexity index is 474. The van der Waals surface area contributed by atoms with Crippen LogP contribution in [-0.2, 0) is 9.53 Å². The van der Waals surface area contributed by atoms with Gasteiger partial charge in [-0.2, -0.15) is 0 Å². The van der Waals surface area contributed by atoms with Crippen LogP contribution in [0.15, 0.2) is 24.3 Å². The standard InChI is InChI=1S/C12H11NO4/c1-7(17-8(2)14)13-11(15)9-5-3-4-6-10(9)12(13)16/h3-7H,1-2H3. The van der Waals surface area contributed by atoms with Crippen molar-refractivity contribution < 1.29 is 19.1 Å². The molecule has 1 unspecified atom stereocenters. The molecule has 1 heterocycles. The van der Waals surface area contributed by atoms with E-state index in [-0.39, 0.29) is 0 Å². The van der Waals surface area contributed by atoms with Crippen molar-refractivity contribution in [3.8, 4) is 0 Å². The normalized spacial score (nSPS) is 15.8. The SMILES string of the molecule is CC(=O)OC(C)N1C(=O)c2ccccc2C1=O.